The third-order valence-corrected chi connectivity index (χ3v) is 6.16. The minimum atomic E-state index is -0.476. The number of amides is 1. The van der Waals surface area contributed by atoms with Gasteiger partial charge in [0.1, 0.15) is 17.7 Å². The molecule has 10 heteroatoms. The topological polar surface area (TPSA) is 98.1 Å². The van der Waals surface area contributed by atoms with Gasteiger partial charge < -0.3 is 13.9 Å². The Labute approximate surface area is 168 Å². The van der Waals surface area contributed by atoms with Crippen molar-refractivity contribution in [3.63, 3.8) is 0 Å². The number of hydrogen-bond acceptors (Lipinski definition) is 7. The molecule has 3 aromatic heterocycles. The summed E-state index contributed by atoms with van der Waals surface area (Å²) in [6, 6.07) is 0. The second-order valence-corrected chi connectivity index (χ2v) is 7.71. The van der Waals surface area contributed by atoms with Gasteiger partial charge in [-0.05, 0) is 13.3 Å². The largest absolute Gasteiger partial charge is 0.438 e. The molecular formula is C19H24N8O2. The Bertz CT molecular complexity index is 1020. The maximum Gasteiger partial charge on any atom is 0.292 e. The molecule has 152 valence electrons. The van der Waals surface area contributed by atoms with E-state index in [2.05, 4.69) is 31.5 Å². The van der Waals surface area contributed by atoms with Crippen molar-refractivity contribution >= 4 is 5.91 Å². The molecule has 5 heterocycles. The van der Waals surface area contributed by atoms with Gasteiger partial charge in [0.2, 0.25) is 5.76 Å². The summed E-state index contributed by atoms with van der Waals surface area (Å²) in [6.45, 7) is 5.73. The molecule has 1 fully saturated rings. The van der Waals surface area contributed by atoms with Crippen LogP contribution in [0.15, 0.2) is 29.7 Å². The number of carbonyl (C=O) groups excluding carboxylic acids is 1. The van der Waals surface area contributed by atoms with Gasteiger partial charge >= 0.3 is 0 Å². The van der Waals surface area contributed by atoms with E-state index in [1.54, 1.807) is 6.33 Å². The summed E-state index contributed by atoms with van der Waals surface area (Å²) < 4.78 is 9.31. The summed E-state index contributed by atoms with van der Waals surface area (Å²) >= 11 is 0. The van der Waals surface area contributed by atoms with Gasteiger partial charge in [-0.1, -0.05) is 0 Å². The zero-order chi connectivity index (χ0) is 20.0. The van der Waals surface area contributed by atoms with Gasteiger partial charge in [-0.3, -0.25) is 9.69 Å². The number of hydrogen-bond donors (Lipinski definition) is 0. The quantitative estimate of drug-likeness (QED) is 0.644. The highest BCUT2D eigenvalue weighted by Crippen LogP contribution is 2.43. The molecule has 1 amide bonds. The normalized spacial score (nSPS) is 21.8. The molecule has 0 aromatic carbocycles. The maximum atomic E-state index is 13.3. The standard InChI is InChI=1S/C19H24N8O2/c1-3-27-16(21-11-23-27)9-25-7-5-19(10-25)17-14(24(2)12-22-17)4-6-26(19)18(28)15-8-20-13-29-15/h8,11-13H,3-7,9-10H2,1-2H3. The van der Waals surface area contributed by atoms with Crippen LogP contribution in [0, 0.1) is 0 Å². The van der Waals surface area contributed by atoms with E-state index >= 15 is 0 Å². The van der Waals surface area contributed by atoms with E-state index < -0.39 is 5.54 Å². The molecule has 0 bridgehead atoms. The smallest absolute Gasteiger partial charge is 0.292 e. The van der Waals surface area contributed by atoms with E-state index in [0.717, 1.165) is 37.4 Å². The van der Waals surface area contributed by atoms with Crippen LogP contribution in [-0.4, -0.2) is 64.6 Å². The van der Waals surface area contributed by atoms with Crippen molar-refractivity contribution in [1.29, 1.82) is 0 Å². The van der Waals surface area contributed by atoms with E-state index in [-0.39, 0.29) is 11.7 Å². The number of nitrogens with zero attached hydrogens (tertiary/aromatic N) is 8. The third-order valence-electron chi connectivity index (χ3n) is 6.16. The van der Waals surface area contributed by atoms with Crippen molar-refractivity contribution < 1.29 is 9.21 Å². The Morgan fingerprint density at radius 3 is 3.00 bits per heavy atom. The van der Waals surface area contributed by atoms with Crippen molar-refractivity contribution in [3.05, 3.63) is 48.2 Å². The van der Waals surface area contributed by atoms with Gasteiger partial charge in [0.05, 0.1) is 24.8 Å². The summed E-state index contributed by atoms with van der Waals surface area (Å²) in [4.78, 5) is 30.6. The van der Waals surface area contributed by atoms with Crippen LogP contribution in [0.25, 0.3) is 0 Å². The highest BCUT2D eigenvalue weighted by Gasteiger charge is 2.52. The molecule has 1 unspecified atom stereocenters. The zero-order valence-electron chi connectivity index (χ0n) is 16.7. The number of likely N-dealkylation sites (tertiary alicyclic amines) is 1. The first-order chi connectivity index (χ1) is 14.1. The Hall–Kier alpha value is -3.01. The lowest BCUT2D eigenvalue weighted by Crippen LogP contribution is -2.55. The molecule has 1 spiro atoms. The molecule has 0 aliphatic carbocycles. The van der Waals surface area contributed by atoms with Gasteiger partial charge in [0, 0.05) is 45.3 Å². The van der Waals surface area contributed by atoms with E-state index in [0.29, 0.717) is 19.6 Å². The fourth-order valence-electron chi connectivity index (χ4n) is 4.74. The molecule has 3 aromatic rings. The highest BCUT2D eigenvalue weighted by molar-refractivity contribution is 5.92. The van der Waals surface area contributed by atoms with Crippen LogP contribution in [0.4, 0.5) is 0 Å². The van der Waals surface area contributed by atoms with Crippen molar-refractivity contribution in [2.75, 3.05) is 19.6 Å². The van der Waals surface area contributed by atoms with E-state index in [1.165, 1.54) is 18.3 Å². The first-order valence-corrected chi connectivity index (χ1v) is 9.92. The zero-order valence-corrected chi connectivity index (χ0v) is 16.7. The summed E-state index contributed by atoms with van der Waals surface area (Å²) in [7, 11) is 2.02. The number of rotatable bonds is 4. The van der Waals surface area contributed by atoms with E-state index in [4.69, 9.17) is 9.40 Å². The Balaban J connectivity index is 1.49. The highest BCUT2D eigenvalue weighted by atomic mass is 16.3. The molecule has 2 aliphatic rings. The number of oxazole rings is 1. The number of aromatic nitrogens is 6. The third kappa shape index (κ3) is 2.78. The molecular weight excluding hydrogens is 372 g/mol. The van der Waals surface area contributed by atoms with Crippen molar-refractivity contribution in [2.24, 2.45) is 7.05 Å². The minimum Gasteiger partial charge on any atom is -0.438 e. The first-order valence-electron chi connectivity index (χ1n) is 9.92. The molecule has 0 saturated carbocycles. The number of fused-ring (bicyclic) bond motifs is 2. The summed E-state index contributed by atoms with van der Waals surface area (Å²) in [5.41, 5.74) is 1.72. The van der Waals surface area contributed by atoms with Crippen molar-refractivity contribution in [1.82, 2.24) is 39.1 Å². The Morgan fingerprint density at radius 1 is 1.31 bits per heavy atom. The second kappa shape index (κ2) is 6.80. The maximum absolute atomic E-state index is 13.3. The lowest BCUT2D eigenvalue weighted by molar-refractivity contribution is 0.0385. The average molecular weight is 396 g/mol. The molecule has 29 heavy (non-hydrogen) atoms. The first kappa shape index (κ1) is 18.0. The van der Waals surface area contributed by atoms with Gasteiger partial charge in [-0.25, -0.2) is 19.6 Å². The Morgan fingerprint density at radius 2 is 2.21 bits per heavy atom. The van der Waals surface area contributed by atoms with Crippen molar-refractivity contribution in [2.45, 2.75) is 38.4 Å². The van der Waals surface area contributed by atoms with Gasteiger partial charge in [-0.2, -0.15) is 5.10 Å². The minimum absolute atomic E-state index is 0.127. The SMILES string of the molecule is CCn1ncnc1CN1CCC2(C1)c1ncn(C)c1CCN2C(=O)c1cnco1. The van der Waals surface area contributed by atoms with Crippen LogP contribution < -0.4 is 0 Å². The van der Waals surface area contributed by atoms with E-state index in [1.807, 2.05) is 23.0 Å². The van der Waals surface area contributed by atoms with Crippen LogP contribution in [0.1, 0.15) is 41.1 Å². The number of carbonyl (C=O) groups is 1. The van der Waals surface area contributed by atoms with Crippen LogP contribution in [0.3, 0.4) is 0 Å². The lowest BCUT2D eigenvalue weighted by atomic mass is 9.85. The second-order valence-electron chi connectivity index (χ2n) is 7.71. The van der Waals surface area contributed by atoms with Gasteiger partial charge in [0.25, 0.3) is 5.91 Å². The molecule has 5 rings (SSSR count). The van der Waals surface area contributed by atoms with E-state index in [9.17, 15) is 4.79 Å². The molecule has 0 radical (unpaired) electrons. The molecule has 1 atom stereocenters. The summed E-state index contributed by atoms with van der Waals surface area (Å²) in [5.74, 6) is 1.08. The number of imidazole rings is 1. The predicted octanol–water partition coefficient (Wildman–Crippen LogP) is 0.819. The summed E-state index contributed by atoms with van der Waals surface area (Å²) in [6.07, 6.45) is 7.83. The lowest BCUT2D eigenvalue weighted by Gasteiger charge is -2.43. The predicted molar refractivity (Wildman–Crippen MR) is 102 cm³/mol. The molecule has 0 N–H and O–H groups in total. The molecule has 10 nitrogen and oxygen atoms in total. The van der Waals surface area contributed by atoms with Gasteiger partial charge in [-0.15, -0.1) is 0 Å². The number of aryl methyl sites for hydroxylation is 2. The monoisotopic (exact) mass is 396 g/mol. The van der Waals surface area contributed by atoms with Crippen molar-refractivity contribution in [3.8, 4) is 0 Å². The van der Waals surface area contributed by atoms with Crippen LogP contribution in [0.5, 0.6) is 0 Å². The van der Waals surface area contributed by atoms with Gasteiger partial charge in [0.15, 0.2) is 6.39 Å². The fraction of sp³-hybridized carbons (Fsp3) is 0.526. The average Bonchev–Trinajstić information content (AvgIpc) is 3.50. The fourth-order valence-corrected chi connectivity index (χ4v) is 4.74. The summed E-state index contributed by atoms with van der Waals surface area (Å²) in [5, 5.41) is 4.28. The molecule has 1 saturated heterocycles. The van der Waals surface area contributed by atoms with Crippen LogP contribution in [-0.2, 0) is 32.1 Å². The van der Waals surface area contributed by atoms with Crippen LogP contribution in [0.2, 0.25) is 0 Å². The van der Waals surface area contributed by atoms with Crippen LogP contribution >= 0.6 is 0 Å². The molecule has 2 aliphatic heterocycles. The Kier molecular flexibility index (Phi) is 4.23.